The number of imidazole rings is 1. The topological polar surface area (TPSA) is 87.5 Å². The molecular weight excluding hydrogens is 421 g/mol. The largest absolute Gasteiger partial charge is 0.370 e. The standard InChI is InChI=1S/C24H24FN7O/c1-15-13-32-14-16(12-18(25)22(32)29-15)30-23(33)17-2-3-19(21-20(17)26-8-9-27-21)31-10-5-24(6-11-31)4-7-28-24/h2-3,8-9,12-14,28H,4-7,10-11H2,1H3,(H,30,33). The normalized spacial score (nSPS) is 17.5. The summed E-state index contributed by atoms with van der Waals surface area (Å²) < 4.78 is 16.0. The van der Waals surface area contributed by atoms with Crippen LogP contribution in [0.25, 0.3) is 16.7 Å². The molecule has 1 aromatic carbocycles. The second-order valence-corrected chi connectivity index (χ2v) is 8.97. The first-order valence-corrected chi connectivity index (χ1v) is 11.2. The van der Waals surface area contributed by atoms with Crippen LogP contribution in [-0.4, -0.2) is 50.4 Å². The molecule has 2 aliphatic rings. The molecule has 2 saturated heterocycles. The van der Waals surface area contributed by atoms with Gasteiger partial charge in [0, 0.05) is 49.5 Å². The molecule has 0 radical (unpaired) electrons. The summed E-state index contributed by atoms with van der Waals surface area (Å²) in [4.78, 5) is 28.7. The Morgan fingerprint density at radius 3 is 2.61 bits per heavy atom. The number of hydrogen-bond acceptors (Lipinski definition) is 6. The van der Waals surface area contributed by atoms with Gasteiger partial charge in [-0.25, -0.2) is 9.37 Å². The average Bonchev–Trinajstić information content (AvgIpc) is 3.18. The number of aromatic nitrogens is 4. The molecule has 1 spiro atoms. The summed E-state index contributed by atoms with van der Waals surface area (Å²) in [5.41, 5.74) is 4.21. The highest BCUT2D eigenvalue weighted by atomic mass is 19.1. The van der Waals surface area contributed by atoms with Crippen LogP contribution in [0, 0.1) is 12.7 Å². The molecule has 1 amide bonds. The number of amides is 1. The van der Waals surface area contributed by atoms with Crippen LogP contribution >= 0.6 is 0 Å². The maximum Gasteiger partial charge on any atom is 0.257 e. The molecular formula is C24H24FN7O. The van der Waals surface area contributed by atoms with Crippen molar-refractivity contribution in [2.75, 3.05) is 29.9 Å². The number of hydrogen-bond donors (Lipinski definition) is 2. The van der Waals surface area contributed by atoms with Gasteiger partial charge in [0.15, 0.2) is 11.5 Å². The lowest BCUT2D eigenvalue weighted by atomic mass is 9.79. The van der Waals surface area contributed by atoms with Gasteiger partial charge in [0.05, 0.1) is 22.6 Å². The maximum absolute atomic E-state index is 14.4. The van der Waals surface area contributed by atoms with Gasteiger partial charge in [0.2, 0.25) is 0 Å². The molecule has 2 fully saturated rings. The van der Waals surface area contributed by atoms with Crippen LogP contribution in [0.5, 0.6) is 0 Å². The highest BCUT2D eigenvalue weighted by Gasteiger charge is 2.39. The van der Waals surface area contributed by atoms with Gasteiger partial charge in [-0.3, -0.25) is 14.8 Å². The first kappa shape index (κ1) is 20.0. The molecule has 33 heavy (non-hydrogen) atoms. The van der Waals surface area contributed by atoms with Gasteiger partial charge in [-0.15, -0.1) is 0 Å². The molecule has 168 valence electrons. The summed E-state index contributed by atoms with van der Waals surface area (Å²) in [6, 6.07) is 5.00. The molecule has 0 atom stereocenters. The van der Waals surface area contributed by atoms with Crippen molar-refractivity contribution in [3.05, 3.63) is 60.1 Å². The van der Waals surface area contributed by atoms with Gasteiger partial charge >= 0.3 is 0 Å². The van der Waals surface area contributed by atoms with E-state index in [9.17, 15) is 9.18 Å². The zero-order valence-electron chi connectivity index (χ0n) is 18.3. The molecule has 2 N–H and O–H groups in total. The predicted molar refractivity (Wildman–Crippen MR) is 124 cm³/mol. The van der Waals surface area contributed by atoms with E-state index in [0.29, 0.717) is 33.5 Å². The van der Waals surface area contributed by atoms with Crippen molar-refractivity contribution in [3.8, 4) is 0 Å². The number of halogens is 1. The van der Waals surface area contributed by atoms with Gasteiger partial charge in [-0.2, -0.15) is 0 Å². The fourth-order valence-corrected chi connectivity index (χ4v) is 5.01. The van der Waals surface area contributed by atoms with Crippen LogP contribution in [0.3, 0.4) is 0 Å². The molecule has 0 bridgehead atoms. The van der Waals surface area contributed by atoms with E-state index >= 15 is 0 Å². The maximum atomic E-state index is 14.4. The Morgan fingerprint density at radius 2 is 1.88 bits per heavy atom. The molecule has 2 aliphatic heterocycles. The molecule has 0 saturated carbocycles. The highest BCUT2D eigenvalue weighted by molar-refractivity contribution is 6.13. The van der Waals surface area contributed by atoms with Gasteiger partial charge in [0.1, 0.15) is 11.0 Å². The number of carbonyl (C=O) groups is 1. The molecule has 0 aliphatic carbocycles. The van der Waals surface area contributed by atoms with E-state index in [1.54, 1.807) is 42.2 Å². The van der Waals surface area contributed by atoms with Gasteiger partial charge in [-0.1, -0.05) is 0 Å². The molecule has 9 heteroatoms. The minimum absolute atomic E-state index is 0.228. The Labute approximate surface area is 189 Å². The van der Waals surface area contributed by atoms with E-state index in [4.69, 9.17) is 0 Å². The van der Waals surface area contributed by atoms with E-state index in [1.165, 1.54) is 12.5 Å². The smallest absolute Gasteiger partial charge is 0.257 e. The average molecular weight is 446 g/mol. The van der Waals surface area contributed by atoms with Crippen molar-refractivity contribution < 1.29 is 9.18 Å². The second kappa shape index (κ2) is 7.48. The molecule has 0 unspecified atom stereocenters. The first-order chi connectivity index (χ1) is 16.0. The number of nitrogens with one attached hydrogen (secondary N) is 2. The van der Waals surface area contributed by atoms with E-state index in [0.717, 1.165) is 38.2 Å². The van der Waals surface area contributed by atoms with E-state index in [-0.39, 0.29) is 11.6 Å². The van der Waals surface area contributed by atoms with Crippen molar-refractivity contribution in [2.24, 2.45) is 0 Å². The summed E-state index contributed by atoms with van der Waals surface area (Å²) in [6.45, 7) is 4.78. The Bertz CT molecular complexity index is 1380. The van der Waals surface area contributed by atoms with Crippen LogP contribution in [-0.2, 0) is 0 Å². The van der Waals surface area contributed by atoms with Crippen LogP contribution in [0.1, 0.15) is 35.3 Å². The van der Waals surface area contributed by atoms with Crippen LogP contribution < -0.4 is 15.5 Å². The number of rotatable bonds is 3. The lowest BCUT2D eigenvalue weighted by Gasteiger charge is -2.49. The molecule has 4 aromatic rings. The number of anilines is 2. The van der Waals surface area contributed by atoms with Crippen LogP contribution in [0.2, 0.25) is 0 Å². The SMILES string of the molecule is Cc1cn2cc(NC(=O)c3ccc(N4CCC5(CCN5)CC4)c4nccnc34)cc(F)c2n1. The Kier molecular flexibility index (Phi) is 4.55. The molecule has 6 rings (SSSR count). The van der Waals surface area contributed by atoms with E-state index in [1.807, 2.05) is 6.07 Å². The third kappa shape index (κ3) is 3.39. The second-order valence-electron chi connectivity index (χ2n) is 8.97. The number of pyridine rings is 1. The van der Waals surface area contributed by atoms with Crippen LogP contribution in [0.15, 0.2) is 43.0 Å². The van der Waals surface area contributed by atoms with E-state index < -0.39 is 5.82 Å². The monoisotopic (exact) mass is 445 g/mol. The zero-order chi connectivity index (χ0) is 22.6. The molecule has 3 aromatic heterocycles. The summed E-state index contributed by atoms with van der Waals surface area (Å²) in [5, 5.41) is 6.39. The van der Waals surface area contributed by atoms with Crippen molar-refractivity contribution >= 4 is 34.0 Å². The summed E-state index contributed by atoms with van der Waals surface area (Å²) >= 11 is 0. The van der Waals surface area contributed by atoms with Crippen molar-refractivity contribution in [2.45, 2.75) is 31.7 Å². The number of nitrogens with zero attached hydrogens (tertiary/aromatic N) is 5. The number of carbonyl (C=O) groups excluding carboxylic acids is 1. The highest BCUT2D eigenvalue weighted by Crippen LogP contribution is 2.35. The van der Waals surface area contributed by atoms with Gasteiger partial charge in [0.25, 0.3) is 5.91 Å². The number of fused-ring (bicyclic) bond motifs is 2. The quantitative estimate of drug-likeness (QED) is 0.503. The van der Waals surface area contributed by atoms with Crippen LogP contribution in [0.4, 0.5) is 15.8 Å². The number of piperidine rings is 1. The fourth-order valence-electron chi connectivity index (χ4n) is 5.01. The number of benzene rings is 1. The Hall–Kier alpha value is -3.59. The Balaban J connectivity index is 1.30. The van der Waals surface area contributed by atoms with E-state index in [2.05, 4.69) is 30.5 Å². The predicted octanol–water partition coefficient (Wildman–Crippen LogP) is 3.31. The summed E-state index contributed by atoms with van der Waals surface area (Å²) in [7, 11) is 0. The summed E-state index contributed by atoms with van der Waals surface area (Å²) in [6.07, 6.45) is 10.0. The third-order valence-electron chi connectivity index (χ3n) is 6.90. The van der Waals surface area contributed by atoms with Gasteiger partial charge in [-0.05, 0) is 44.9 Å². The lowest BCUT2D eigenvalue weighted by molar-refractivity contribution is 0.102. The fraction of sp³-hybridized carbons (Fsp3) is 0.333. The number of aryl methyl sites for hydroxylation is 1. The minimum atomic E-state index is -0.496. The lowest BCUT2D eigenvalue weighted by Crippen LogP contribution is -2.61. The first-order valence-electron chi connectivity index (χ1n) is 11.2. The summed E-state index contributed by atoms with van der Waals surface area (Å²) in [5.74, 6) is -0.858. The van der Waals surface area contributed by atoms with Gasteiger partial charge < -0.3 is 19.9 Å². The zero-order valence-corrected chi connectivity index (χ0v) is 18.3. The molecule has 5 heterocycles. The van der Waals surface area contributed by atoms with Crippen molar-refractivity contribution in [3.63, 3.8) is 0 Å². The minimum Gasteiger partial charge on any atom is -0.370 e. The Morgan fingerprint density at radius 1 is 1.12 bits per heavy atom. The molecule has 8 nitrogen and oxygen atoms in total. The third-order valence-corrected chi connectivity index (χ3v) is 6.90. The van der Waals surface area contributed by atoms with Crippen molar-refractivity contribution in [1.29, 1.82) is 0 Å². The van der Waals surface area contributed by atoms with Crippen molar-refractivity contribution in [1.82, 2.24) is 24.7 Å².